The van der Waals surface area contributed by atoms with Crippen molar-refractivity contribution in [2.24, 2.45) is 4.99 Å². The van der Waals surface area contributed by atoms with Crippen molar-refractivity contribution < 1.29 is 4.79 Å². The summed E-state index contributed by atoms with van der Waals surface area (Å²) in [6, 6.07) is 18.4. The highest BCUT2D eigenvalue weighted by Gasteiger charge is 2.42. The molecule has 4 rings (SSSR count). The Morgan fingerprint density at radius 3 is 2.48 bits per heavy atom. The molecule has 2 aliphatic rings. The van der Waals surface area contributed by atoms with Crippen LogP contribution >= 0.6 is 0 Å². The van der Waals surface area contributed by atoms with E-state index in [0.717, 1.165) is 49.4 Å². The predicted octanol–water partition coefficient (Wildman–Crippen LogP) is 3.48. The number of rotatable bonds is 2. The number of piperidine rings is 1. The summed E-state index contributed by atoms with van der Waals surface area (Å²) in [6.45, 7) is 4.71. The second-order valence-electron chi connectivity index (χ2n) is 6.99. The van der Waals surface area contributed by atoms with Crippen LogP contribution in [0.5, 0.6) is 0 Å². The van der Waals surface area contributed by atoms with Crippen molar-refractivity contribution in [1.82, 2.24) is 4.90 Å². The monoisotopic (exact) mass is 333 g/mol. The molecule has 0 aliphatic carbocycles. The Labute approximate surface area is 148 Å². The van der Waals surface area contributed by atoms with Crippen molar-refractivity contribution in [1.29, 1.82) is 0 Å². The van der Waals surface area contributed by atoms with Crippen LogP contribution in [0.2, 0.25) is 0 Å². The number of likely N-dealkylation sites (tertiary alicyclic amines) is 1. The first-order chi connectivity index (χ1) is 12.2. The van der Waals surface area contributed by atoms with Crippen molar-refractivity contribution in [3.05, 3.63) is 65.7 Å². The molecule has 0 bridgehead atoms. The standard InChI is InChI=1S/C21H23N3O/c1-16-18-9-5-6-10-19(18)22-20(25)21(23-16)11-13-24(14-12-21)15-17-7-3-2-4-8-17/h2-10H,11-15H2,1H3,(H,22,25). The molecule has 1 amide bonds. The van der Waals surface area contributed by atoms with Crippen LogP contribution in [0.1, 0.15) is 30.9 Å². The Bertz CT molecular complexity index is 805. The van der Waals surface area contributed by atoms with E-state index in [2.05, 4.69) is 34.5 Å². The molecule has 2 aromatic rings. The Balaban J connectivity index is 1.52. The summed E-state index contributed by atoms with van der Waals surface area (Å²) in [6.07, 6.45) is 1.52. The molecule has 2 heterocycles. The highest BCUT2D eigenvalue weighted by atomic mass is 16.2. The fourth-order valence-corrected chi connectivity index (χ4v) is 3.84. The van der Waals surface area contributed by atoms with Gasteiger partial charge in [-0.25, -0.2) is 0 Å². The highest BCUT2D eigenvalue weighted by Crippen LogP contribution is 2.33. The number of carbonyl (C=O) groups excluding carboxylic acids is 1. The lowest BCUT2D eigenvalue weighted by Crippen LogP contribution is -2.50. The maximum atomic E-state index is 12.9. The Morgan fingerprint density at radius 2 is 1.72 bits per heavy atom. The molecule has 1 N–H and O–H groups in total. The van der Waals surface area contributed by atoms with Crippen LogP contribution in [0.3, 0.4) is 0 Å². The molecule has 0 unspecified atom stereocenters. The van der Waals surface area contributed by atoms with Crippen LogP contribution in [-0.2, 0) is 11.3 Å². The van der Waals surface area contributed by atoms with Crippen LogP contribution in [-0.4, -0.2) is 35.1 Å². The first kappa shape index (κ1) is 16.0. The number of benzene rings is 2. The van der Waals surface area contributed by atoms with E-state index in [1.807, 2.05) is 37.3 Å². The van der Waals surface area contributed by atoms with E-state index in [4.69, 9.17) is 4.99 Å². The van der Waals surface area contributed by atoms with E-state index in [0.29, 0.717) is 0 Å². The number of amides is 1. The molecule has 1 saturated heterocycles. The first-order valence-corrected chi connectivity index (χ1v) is 8.90. The molecule has 128 valence electrons. The maximum absolute atomic E-state index is 12.9. The lowest BCUT2D eigenvalue weighted by atomic mass is 9.86. The van der Waals surface area contributed by atoms with Gasteiger partial charge in [0.25, 0.3) is 5.91 Å². The molecule has 2 aliphatic heterocycles. The van der Waals surface area contributed by atoms with Crippen molar-refractivity contribution in [2.75, 3.05) is 18.4 Å². The van der Waals surface area contributed by atoms with Gasteiger partial charge < -0.3 is 5.32 Å². The minimum Gasteiger partial charge on any atom is -0.323 e. The zero-order chi connectivity index (χ0) is 17.3. The van der Waals surface area contributed by atoms with Crippen LogP contribution in [0, 0.1) is 0 Å². The summed E-state index contributed by atoms with van der Waals surface area (Å²) in [5.74, 6) is 0.0381. The number of hydrogen-bond donors (Lipinski definition) is 1. The van der Waals surface area contributed by atoms with E-state index in [-0.39, 0.29) is 5.91 Å². The van der Waals surface area contributed by atoms with Crippen LogP contribution < -0.4 is 5.32 Å². The van der Waals surface area contributed by atoms with Gasteiger partial charge in [0, 0.05) is 36.6 Å². The highest BCUT2D eigenvalue weighted by molar-refractivity contribution is 6.12. The van der Waals surface area contributed by atoms with Gasteiger partial charge in [0.15, 0.2) is 0 Å². The number of nitrogens with one attached hydrogen (secondary N) is 1. The van der Waals surface area contributed by atoms with E-state index in [1.165, 1.54) is 5.56 Å². The molecule has 1 fully saturated rings. The topological polar surface area (TPSA) is 44.7 Å². The molecule has 0 radical (unpaired) electrons. The zero-order valence-electron chi connectivity index (χ0n) is 14.5. The first-order valence-electron chi connectivity index (χ1n) is 8.90. The van der Waals surface area contributed by atoms with E-state index < -0.39 is 5.54 Å². The quantitative estimate of drug-likeness (QED) is 0.914. The number of aliphatic imine (C=N–C) groups is 1. The molecular formula is C21H23N3O. The molecule has 4 nitrogen and oxygen atoms in total. The third-order valence-corrected chi connectivity index (χ3v) is 5.30. The Kier molecular flexibility index (Phi) is 4.14. The molecule has 1 spiro atoms. The smallest absolute Gasteiger partial charge is 0.252 e. The largest absolute Gasteiger partial charge is 0.323 e. The number of nitrogens with zero attached hydrogens (tertiary/aromatic N) is 2. The summed E-state index contributed by atoms with van der Waals surface area (Å²) in [5, 5.41) is 3.11. The summed E-state index contributed by atoms with van der Waals surface area (Å²) < 4.78 is 0. The predicted molar refractivity (Wildman–Crippen MR) is 101 cm³/mol. The van der Waals surface area contributed by atoms with Gasteiger partial charge in [0.05, 0.1) is 0 Å². The summed E-state index contributed by atoms with van der Waals surface area (Å²) in [7, 11) is 0. The zero-order valence-corrected chi connectivity index (χ0v) is 14.5. The van der Waals surface area contributed by atoms with Crippen LogP contribution in [0.4, 0.5) is 5.69 Å². The lowest BCUT2D eigenvalue weighted by molar-refractivity contribution is -0.122. The Morgan fingerprint density at radius 1 is 1.04 bits per heavy atom. The van der Waals surface area contributed by atoms with Crippen LogP contribution in [0.15, 0.2) is 59.6 Å². The summed E-state index contributed by atoms with van der Waals surface area (Å²) in [5.41, 5.74) is 3.54. The fraction of sp³-hybridized carbons (Fsp3) is 0.333. The number of hydrogen-bond acceptors (Lipinski definition) is 3. The average molecular weight is 333 g/mol. The van der Waals surface area contributed by atoms with Crippen molar-refractivity contribution in [3.8, 4) is 0 Å². The molecule has 0 atom stereocenters. The SMILES string of the molecule is CC1=NC2(CCN(Cc3ccccc3)CC2)C(=O)Nc2ccccc21. The van der Waals surface area contributed by atoms with Crippen molar-refractivity contribution >= 4 is 17.3 Å². The van der Waals surface area contributed by atoms with E-state index in [9.17, 15) is 4.79 Å². The molecule has 4 heteroatoms. The van der Waals surface area contributed by atoms with E-state index >= 15 is 0 Å². The van der Waals surface area contributed by atoms with Gasteiger partial charge >= 0.3 is 0 Å². The molecular weight excluding hydrogens is 310 g/mol. The summed E-state index contributed by atoms with van der Waals surface area (Å²) in [4.78, 5) is 20.2. The molecule has 0 aromatic heterocycles. The lowest BCUT2D eigenvalue weighted by Gasteiger charge is -2.37. The molecule has 2 aromatic carbocycles. The van der Waals surface area contributed by atoms with Gasteiger partial charge in [-0.05, 0) is 31.4 Å². The molecule has 25 heavy (non-hydrogen) atoms. The van der Waals surface area contributed by atoms with Gasteiger partial charge in [0.2, 0.25) is 0 Å². The Hall–Kier alpha value is -2.46. The van der Waals surface area contributed by atoms with Gasteiger partial charge in [-0.2, -0.15) is 0 Å². The van der Waals surface area contributed by atoms with Crippen molar-refractivity contribution in [3.63, 3.8) is 0 Å². The third kappa shape index (κ3) is 3.10. The van der Waals surface area contributed by atoms with Gasteiger partial charge in [0.1, 0.15) is 5.54 Å². The number of anilines is 1. The summed E-state index contributed by atoms with van der Waals surface area (Å²) >= 11 is 0. The third-order valence-electron chi connectivity index (χ3n) is 5.30. The van der Waals surface area contributed by atoms with Gasteiger partial charge in [-0.3, -0.25) is 14.7 Å². The minimum atomic E-state index is -0.629. The second-order valence-corrected chi connectivity index (χ2v) is 6.99. The minimum absolute atomic E-state index is 0.0381. The van der Waals surface area contributed by atoms with Gasteiger partial charge in [-0.15, -0.1) is 0 Å². The van der Waals surface area contributed by atoms with Gasteiger partial charge in [-0.1, -0.05) is 48.5 Å². The fourth-order valence-electron chi connectivity index (χ4n) is 3.84. The average Bonchev–Trinajstić information content (AvgIpc) is 2.74. The van der Waals surface area contributed by atoms with Crippen LogP contribution in [0.25, 0.3) is 0 Å². The van der Waals surface area contributed by atoms with E-state index in [1.54, 1.807) is 0 Å². The number of para-hydroxylation sites is 1. The number of fused-ring (bicyclic) bond motifs is 1. The normalized spacial score (nSPS) is 19.7. The second kappa shape index (κ2) is 6.45. The number of carbonyl (C=O) groups is 1. The van der Waals surface area contributed by atoms with Crippen molar-refractivity contribution in [2.45, 2.75) is 31.8 Å². The maximum Gasteiger partial charge on any atom is 0.252 e. The molecule has 0 saturated carbocycles.